The number of halogens is 1. The molecule has 1 aliphatic rings. The third-order valence-electron chi connectivity index (χ3n) is 6.61. The summed E-state index contributed by atoms with van der Waals surface area (Å²) in [6, 6.07) is 18.6. The number of aryl methyl sites for hydroxylation is 1. The van der Waals surface area contributed by atoms with E-state index in [0.717, 1.165) is 44.5 Å². The zero-order valence-electron chi connectivity index (χ0n) is 19.1. The van der Waals surface area contributed by atoms with E-state index in [9.17, 15) is 14.9 Å². The van der Waals surface area contributed by atoms with Crippen molar-refractivity contribution in [3.8, 4) is 6.07 Å². The average Bonchev–Trinajstić information content (AvgIpc) is 3.57. The first-order valence-electron chi connectivity index (χ1n) is 11.2. The molecule has 0 radical (unpaired) electrons. The van der Waals surface area contributed by atoms with Crippen LogP contribution in [-0.2, 0) is 13.0 Å². The van der Waals surface area contributed by atoms with Crippen LogP contribution in [0.15, 0.2) is 60.8 Å². The number of nitrogens with zero attached hydrogens (tertiary/aromatic N) is 4. The number of nitrogens with one attached hydrogen (secondary N) is 1. The number of aromatic amines is 1. The number of hydrogen-bond donors (Lipinski definition) is 1. The molecule has 0 aliphatic carbocycles. The molecule has 0 saturated heterocycles. The van der Waals surface area contributed by atoms with Crippen molar-refractivity contribution in [2.45, 2.75) is 19.9 Å². The molecule has 2 amide bonds. The predicted molar refractivity (Wildman–Crippen MR) is 148 cm³/mol. The number of aromatic nitrogens is 3. The lowest BCUT2D eigenvalue weighted by atomic mass is 9.96. The van der Waals surface area contributed by atoms with Gasteiger partial charge in [-0.15, -0.1) is 0 Å². The number of imidazole rings is 1. The van der Waals surface area contributed by atoms with Gasteiger partial charge in [-0.3, -0.25) is 18.5 Å². The largest absolute Gasteiger partial charge is 0.342 e. The number of H-pyrrole nitrogens is 1. The molecule has 0 unspecified atom stereocenters. The number of carbonyl (C=O) groups is 2. The molecule has 176 valence electrons. The number of nitriles is 1. The van der Waals surface area contributed by atoms with E-state index >= 15 is 0 Å². The van der Waals surface area contributed by atoms with E-state index in [-0.39, 0.29) is 18.4 Å². The molecule has 6 rings (SSSR count). The number of carbonyl (C=O) groups excluding carboxylic acids is 2. The van der Waals surface area contributed by atoms with Gasteiger partial charge < -0.3 is 4.98 Å². The van der Waals surface area contributed by atoms with E-state index in [1.807, 2.05) is 19.2 Å². The molecule has 9 heteroatoms. The summed E-state index contributed by atoms with van der Waals surface area (Å²) in [5.41, 5.74) is 7.12. The van der Waals surface area contributed by atoms with Gasteiger partial charge in [-0.2, -0.15) is 5.26 Å². The Bertz CT molecular complexity index is 1730. The first-order chi connectivity index (χ1) is 17.5. The zero-order valence-corrected chi connectivity index (χ0v) is 22.1. The first kappa shape index (κ1) is 22.8. The minimum atomic E-state index is -0.271. The highest BCUT2D eigenvalue weighted by atomic mass is 127. The lowest BCUT2D eigenvalue weighted by molar-refractivity contribution is 0.0642. The van der Waals surface area contributed by atoms with Gasteiger partial charge in [0.15, 0.2) is 0 Å². The van der Waals surface area contributed by atoms with E-state index in [4.69, 9.17) is 4.98 Å². The van der Waals surface area contributed by atoms with Crippen LogP contribution in [0.5, 0.6) is 0 Å². The van der Waals surface area contributed by atoms with Crippen molar-refractivity contribution in [2.24, 2.45) is 0 Å². The molecule has 0 fully saturated rings. The van der Waals surface area contributed by atoms with Gasteiger partial charge in [-0.05, 0) is 60.0 Å². The van der Waals surface area contributed by atoms with Crippen LogP contribution < -0.4 is 0 Å². The summed E-state index contributed by atoms with van der Waals surface area (Å²) in [7, 11) is 1.59. The van der Waals surface area contributed by atoms with Crippen molar-refractivity contribution in [2.75, 3.05) is 0 Å². The number of rotatable bonds is 5. The molecule has 0 atom stereocenters. The maximum absolute atomic E-state index is 13.1. The number of benzene rings is 3. The Kier molecular flexibility index (Phi) is 5.58. The molecule has 1 aliphatic heterocycles. The lowest BCUT2D eigenvalue weighted by Gasteiger charge is -2.19. The normalized spacial score (nSPS) is 13.1. The maximum atomic E-state index is 13.1. The second kappa shape index (κ2) is 8.80. The predicted octanol–water partition coefficient (Wildman–Crippen LogP) is 5.93. The second-order valence-corrected chi connectivity index (χ2v) is 10.5. The molecule has 36 heavy (non-hydrogen) atoms. The number of amides is 2. The Morgan fingerprint density at radius 1 is 1.08 bits per heavy atom. The Morgan fingerprint density at radius 2 is 1.83 bits per heavy atom. The van der Waals surface area contributed by atoms with Crippen LogP contribution in [0.1, 0.15) is 48.8 Å². The minimum absolute atomic E-state index is 0.180. The topological polar surface area (TPSA) is 94.8 Å². The standard InChI is InChI=1S/C27H18IN5O2S/c1-15-10-17(14-32-26(34)19-4-2-3-5-20(19)27(32)35)21(18-8-9-33(36-28)25(15)18)12-24-30-22-7-6-16(13-29)11-23(22)31-24/h2-11H,12,14H2,1H3,(H,30,31). The van der Waals surface area contributed by atoms with Crippen LogP contribution in [-0.4, -0.2) is 30.7 Å². The fourth-order valence-electron chi connectivity index (χ4n) is 4.98. The molecule has 5 aromatic rings. The molecular weight excluding hydrogens is 585 g/mol. The molecule has 1 N–H and O–H groups in total. The van der Waals surface area contributed by atoms with Gasteiger partial charge in [-0.1, -0.05) is 18.2 Å². The summed E-state index contributed by atoms with van der Waals surface area (Å²) >= 11 is 2.26. The highest BCUT2D eigenvalue weighted by Crippen LogP contribution is 2.35. The van der Waals surface area contributed by atoms with Crippen molar-refractivity contribution in [3.63, 3.8) is 0 Å². The molecule has 2 aromatic heterocycles. The highest BCUT2D eigenvalue weighted by Gasteiger charge is 2.35. The fraction of sp³-hybridized carbons (Fsp3) is 0.111. The number of imide groups is 1. The lowest BCUT2D eigenvalue weighted by Crippen LogP contribution is -2.29. The van der Waals surface area contributed by atoms with Crippen molar-refractivity contribution in [1.29, 1.82) is 5.26 Å². The van der Waals surface area contributed by atoms with Crippen molar-refractivity contribution >= 4 is 64.1 Å². The molecule has 0 bridgehead atoms. The van der Waals surface area contributed by atoms with Crippen LogP contribution in [0.4, 0.5) is 0 Å². The minimum Gasteiger partial charge on any atom is -0.342 e. The van der Waals surface area contributed by atoms with Crippen molar-refractivity contribution in [1.82, 2.24) is 18.8 Å². The van der Waals surface area contributed by atoms with E-state index in [0.29, 0.717) is 23.1 Å². The van der Waals surface area contributed by atoms with E-state index < -0.39 is 0 Å². The van der Waals surface area contributed by atoms with Gasteiger partial charge in [-0.25, -0.2) is 4.98 Å². The van der Waals surface area contributed by atoms with E-state index in [2.05, 4.69) is 48.4 Å². The summed E-state index contributed by atoms with van der Waals surface area (Å²) < 4.78 is 2.11. The summed E-state index contributed by atoms with van der Waals surface area (Å²) in [6.07, 6.45) is 2.52. The Morgan fingerprint density at radius 3 is 2.53 bits per heavy atom. The van der Waals surface area contributed by atoms with Gasteiger partial charge in [0.05, 0.1) is 45.9 Å². The van der Waals surface area contributed by atoms with Crippen molar-refractivity contribution in [3.05, 3.63) is 100.0 Å². The second-order valence-electron chi connectivity index (χ2n) is 8.75. The first-order valence-corrected chi connectivity index (χ1v) is 14.6. The van der Waals surface area contributed by atoms with E-state index in [1.54, 1.807) is 45.5 Å². The SMILES string of the molecule is Cc1cc(CN2C(=O)c3ccccc3C2=O)c(Cc2nc3ccc(C#N)cc3[nH]2)c2ccn(SI)c12. The van der Waals surface area contributed by atoms with Gasteiger partial charge in [0.2, 0.25) is 0 Å². The third-order valence-corrected chi connectivity index (χ3v) is 8.34. The fourth-order valence-corrected chi connectivity index (χ4v) is 6.38. The van der Waals surface area contributed by atoms with Crippen LogP contribution in [0, 0.1) is 18.3 Å². The molecule has 3 aromatic carbocycles. The van der Waals surface area contributed by atoms with Gasteiger partial charge in [0.25, 0.3) is 11.8 Å². The summed E-state index contributed by atoms with van der Waals surface area (Å²) in [5.74, 6) is 0.212. The van der Waals surface area contributed by atoms with Crippen LogP contribution in [0.3, 0.4) is 0 Å². The zero-order chi connectivity index (χ0) is 25.0. The molecule has 7 nitrogen and oxygen atoms in total. The van der Waals surface area contributed by atoms with Gasteiger partial charge >= 0.3 is 0 Å². The summed E-state index contributed by atoms with van der Waals surface area (Å²) in [4.78, 5) is 35.6. The van der Waals surface area contributed by atoms with Crippen LogP contribution in [0.25, 0.3) is 21.9 Å². The number of hydrogen-bond acceptors (Lipinski definition) is 5. The summed E-state index contributed by atoms with van der Waals surface area (Å²) in [6.45, 7) is 2.23. The summed E-state index contributed by atoms with van der Waals surface area (Å²) in [5, 5.41) is 10.3. The third kappa shape index (κ3) is 3.60. The van der Waals surface area contributed by atoms with Gasteiger partial charge in [0.1, 0.15) is 5.82 Å². The highest BCUT2D eigenvalue weighted by molar-refractivity contribution is 14.2. The smallest absolute Gasteiger partial charge is 0.261 e. The molecule has 3 heterocycles. The Balaban J connectivity index is 1.46. The monoisotopic (exact) mass is 603 g/mol. The van der Waals surface area contributed by atoms with Gasteiger partial charge in [0, 0.05) is 48.3 Å². The maximum Gasteiger partial charge on any atom is 0.261 e. The van der Waals surface area contributed by atoms with E-state index in [1.165, 1.54) is 4.90 Å². The molecule has 0 saturated carbocycles. The average molecular weight is 603 g/mol. The number of fused-ring (bicyclic) bond motifs is 3. The van der Waals surface area contributed by atoms with Crippen molar-refractivity contribution < 1.29 is 9.59 Å². The quantitative estimate of drug-likeness (QED) is 0.199. The Hall–Kier alpha value is -3.62. The molecule has 0 spiro atoms. The molecular formula is C27H18IN5O2S. The van der Waals surface area contributed by atoms with Crippen LogP contribution in [0.2, 0.25) is 0 Å². The van der Waals surface area contributed by atoms with Crippen LogP contribution >= 0.6 is 30.3 Å². The Labute approximate surface area is 222 Å².